The van der Waals surface area contributed by atoms with Crippen LogP contribution in [-0.2, 0) is 13.6 Å². The highest BCUT2D eigenvalue weighted by molar-refractivity contribution is 5.64. The third kappa shape index (κ3) is 2.67. The molecule has 2 aromatic heterocycles. The highest BCUT2D eigenvalue weighted by atomic mass is 15.3. The highest BCUT2D eigenvalue weighted by Crippen LogP contribution is 2.24. The van der Waals surface area contributed by atoms with Crippen LogP contribution in [0.1, 0.15) is 17.2 Å². The molecule has 2 N–H and O–H groups in total. The first-order chi connectivity index (χ1) is 10.1. The Labute approximate surface area is 124 Å². The Morgan fingerprint density at radius 1 is 1.19 bits per heavy atom. The molecule has 3 aromatic rings. The molecule has 0 saturated heterocycles. The van der Waals surface area contributed by atoms with Gasteiger partial charge < -0.3 is 10.3 Å². The average Bonchev–Trinajstić information content (AvgIpc) is 3.03. The van der Waals surface area contributed by atoms with Gasteiger partial charge in [0.25, 0.3) is 0 Å². The van der Waals surface area contributed by atoms with Gasteiger partial charge in [-0.1, -0.05) is 18.2 Å². The maximum absolute atomic E-state index is 4.44. The van der Waals surface area contributed by atoms with Crippen molar-refractivity contribution in [2.45, 2.75) is 20.4 Å². The maximum atomic E-state index is 4.44. The number of aryl methyl sites for hydroxylation is 2. The van der Waals surface area contributed by atoms with Crippen LogP contribution >= 0.6 is 0 Å². The third-order valence-electron chi connectivity index (χ3n) is 3.64. The van der Waals surface area contributed by atoms with Crippen molar-refractivity contribution in [2.24, 2.45) is 7.05 Å². The second-order valence-corrected chi connectivity index (χ2v) is 5.13. The molecule has 0 spiro atoms. The summed E-state index contributed by atoms with van der Waals surface area (Å²) in [4.78, 5) is 7.81. The van der Waals surface area contributed by atoms with E-state index in [0.717, 1.165) is 34.2 Å². The van der Waals surface area contributed by atoms with Gasteiger partial charge in [0, 0.05) is 24.0 Å². The van der Waals surface area contributed by atoms with E-state index in [2.05, 4.69) is 27.3 Å². The standard InChI is InChI=1S/C16H19N5/c1-11-16(12(2)21(3)20-11)14-9-18-15(19-14)10-17-13-7-5-4-6-8-13/h4-9,17H,10H2,1-3H3,(H,18,19). The van der Waals surface area contributed by atoms with Gasteiger partial charge in [0.2, 0.25) is 0 Å². The molecule has 5 nitrogen and oxygen atoms in total. The number of H-pyrrole nitrogens is 1. The summed E-state index contributed by atoms with van der Waals surface area (Å²) in [5.41, 5.74) is 5.39. The molecule has 0 aliphatic carbocycles. The Morgan fingerprint density at radius 3 is 2.62 bits per heavy atom. The Kier molecular flexibility index (Phi) is 3.48. The van der Waals surface area contributed by atoms with Crippen molar-refractivity contribution in [3.05, 3.63) is 53.7 Å². The SMILES string of the molecule is Cc1nn(C)c(C)c1-c1cnc(CNc2ccccc2)[nH]1. The number of hydrogen-bond donors (Lipinski definition) is 2. The van der Waals surface area contributed by atoms with Gasteiger partial charge in [-0.25, -0.2) is 4.98 Å². The number of hydrogen-bond acceptors (Lipinski definition) is 3. The van der Waals surface area contributed by atoms with E-state index < -0.39 is 0 Å². The van der Waals surface area contributed by atoms with Crippen molar-refractivity contribution in [1.82, 2.24) is 19.7 Å². The molecule has 2 heterocycles. The first-order valence-corrected chi connectivity index (χ1v) is 6.98. The topological polar surface area (TPSA) is 58.5 Å². The minimum Gasteiger partial charge on any atom is -0.378 e. The van der Waals surface area contributed by atoms with Gasteiger partial charge in [-0.05, 0) is 26.0 Å². The van der Waals surface area contributed by atoms with Crippen molar-refractivity contribution < 1.29 is 0 Å². The number of para-hydroxylation sites is 1. The van der Waals surface area contributed by atoms with E-state index in [1.165, 1.54) is 0 Å². The van der Waals surface area contributed by atoms with E-state index in [9.17, 15) is 0 Å². The zero-order valence-electron chi connectivity index (χ0n) is 12.5. The molecule has 0 aliphatic rings. The molecule has 0 atom stereocenters. The minimum absolute atomic E-state index is 0.669. The maximum Gasteiger partial charge on any atom is 0.125 e. The van der Waals surface area contributed by atoms with Gasteiger partial charge in [0.1, 0.15) is 5.82 Å². The van der Waals surface area contributed by atoms with E-state index in [-0.39, 0.29) is 0 Å². The summed E-state index contributed by atoms with van der Waals surface area (Å²) in [6.45, 7) is 4.76. The first kappa shape index (κ1) is 13.4. The van der Waals surface area contributed by atoms with Crippen LogP contribution in [0.5, 0.6) is 0 Å². The van der Waals surface area contributed by atoms with Crippen LogP contribution < -0.4 is 5.32 Å². The van der Waals surface area contributed by atoms with Gasteiger partial charge in [0.05, 0.1) is 24.1 Å². The lowest BCUT2D eigenvalue weighted by Crippen LogP contribution is -2.00. The van der Waals surface area contributed by atoms with E-state index in [1.807, 2.05) is 55.2 Å². The van der Waals surface area contributed by atoms with Crippen molar-refractivity contribution in [3.8, 4) is 11.3 Å². The summed E-state index contributed by atoms with van der Waals surface area (Å²) in [7, 11) is 1.96. The second kappa shape index (κ2) is 5.44. The molecule has 0 fully saturated rings. The van der Waals surface area contributed by atoms with Gasteiger partial charge in [0.15, 0.2) is 0 Å². The van der Waals surface area contributed by atoms with Crippen LogP contribution in [0.15, 0.2) is 36.5 Å². The van der Waals surface area contributed by atoms with Crippen LogP contribution in [-0.4, -0.2) is 19.7 Å². The normalized spacial score (nSPS) is 10.8. The average molecular weight is 281 g/mol. The summed E-state index contributed by atoms with van der Waals surface area (Å²) >= 11 is 0. The molecule has 1 aromatic carbocycles. The Balaban J connectivity index is 1.77. The zero-order valence-corrected chi connectivity index (χ0v) is 12.5. The van der Waals surface area contributed by atoms with Gasteiger partial charge in [-0.15, -0.1) is 0 Å². The van der Waals surface area contributed by atoms with Crippen LogP contribution in [0.25, 0.3) is 11.3 Å². The molecule has 0 aliphatic heterocycles. The van der Waals surface area contributed by atoms with E-state index in [1.54, 1.807) is 0 Å². The molecule has 108 valence electrons. The van der Waals surface area contributed by atoms with Crippen molar-refractivity contribution in [3.63, 3.8) is 0 Å². The lowest BCUT2D eigenvalue weighted by Gasteiger charge is -2.03. The number of aromatic amines is 1. The fraction of sp³-hybridized carbons (Fsp3) is 0.250. The predicted octanol–water partition coefficient (Wildman–Crippen LogP) is 3.04. The number of aromatic nitrogens is 4. The number of nitrogens with zero attached hydrogens (tertiary/aromatic N) is 3. The number of rotatable bonds is 4. The summed E-state index contributed by atoms with van der Waals surface area (Å²) in [6, 6.07) is 10.1. The lowest BCUT2D eigenvalue weighted by atomic mass is 10.1. The van der Waals surface area contributed by atoms with Crippen LogP contribution in [0.4, 0.5) is 5.69 Å². The Morgan fingerprint density at radius 2 is 1.95 bits per heavy atom. The summed E-state index contributed by atoms with van der Waals surface area (Å²) in [6.07, 6.45) is 1.87. The van der Waals surface area contributed by atoms with E-state index >= 15 is 0 Å². The highest BCUT2D eigenvalue weighted by Gasteiger charge is 2.13. The number of anilines is 1. The predicted molar refractivity (Wildman–Crippen MR) is 84.0 cm³/mol. The fourth-order valence-corrected chi connectivity index (χ4v) is 2.48. The monoisotopic (exact) mass is 281 g/mol. The summed E-state index contributed by atoms with van der Waals surface area (Å²) in [5, 5.41) is 7.79. The summed E-state index contributed by atoms with van der Waals surface area (Å²) < 4.78 is 1.90. The lowest BCUT2D eigenvalue weighted by molar-refractivity contribution is 0.731. The van der Waals surface area contributed by atoms with Gasteiger partial charge in [-0.2, -0.15) is 5.10 Å². The fourth-order valence-electron chi connectivity index (χ4n) is 2.48. The van der Waals surface area contributed by atoms with E-state index in [0.29, 0.717) is 6.54 Å². The molecule has 5 heteroatoms. The summed E-state index contributed by atoms with van der Waals surface area (Å²) in [5.74, 6) is 0.913. The minimum atomic E-state index is 0.669. The smallest absolute Gasteiger partial charge is 0.125 e. The zero-order chi connectivity index (χ0) is 14.8. The number of nitrogens with one attached hydrogen (secondary N) is 2. The molecular formula is C16H19N5. The van der Waals surface area contributed by atoms with E-state index in [4.69, 9.17) is 0 Å². The van der Waals surface area contributed by atoms with Gasteiger partial charge in [-0.3, -0.25) is 4.68 Å². The molecule has 0 unspecified atom stereocenters. The van der Waals surface area contributed by atoms with Crippen molar-refractivity contribution in [1.29, 1.82) is 0 Å². The molecular weight excluding hydrogens is 262 g/mol. The first-order valence-electron chi connectivity index (χ1n) is 6.98. The largest absolute Gasteiger partial charge is 0.378 e. The quantitative estimate of drug-likeness (QED) is 0.772. The number of benzene rings is 1. The van der Waals surface area contributed by atoms with Crippen LogP contribution in [0, 0.1) is 13.8 Å². The van der Waals surface area contributed by atoms with Crippen molar-refractivity contribution in [2.75, 3.05) is 5.32 Å². The second-order valence-electron chi connectivity index (χ2n) is 5.13. The molecule has 21 heavy (non-hydrogen) atoms. The molecule has 3 rings (SSSR count). The molecule has 0 saturated carbocycles. The molecule has 0 radical (unpaired) electrons. The van der Waals surface area contributed by atoms with Gasteiger partial charge >= 0.3 is 0 Å². The molecule has 0 bridgehead atoms. The third-order valence-corrected chi connectivity index (χ3v) is 3.64. The Bertz CT molecular complexity index is 739. The Hall–Kier alpha value is -2.56. The van der Waals surface area contributed by atoms with Crippen LogP contribution in [0.3, 0.4) is 0 Å². The number of imidazole rings is 1. The molecule has 0 amide bonds. The van der Waals surface area contributed by atoms with Crippen molar-refractivity contribution >= 4 is 5.69 Å². The van der Waals surface area contributed by atoms with Crippen LogP contribution in [0.2, 0.25) is 0 Å².